The van der Waals surface area contributed by atoms with Gasteiger partial charge in [0, 0.05) is 23.5 Å². The maximum atomic E-state index is 5.97. The van der Waals surface area contributed by atoms with Crippen molar-refractivity contribution < 1.29 is 0 Å². The van der Waals surface area contributed by atoms with E-state index in [4.69, 9.17) is 10.7 Å². The van der Waals surface area contributed by atoms with E-state index >= 15 is 0 Å². The summed E-state index contributed by atoms with van der Waals surface area (Å²) < 4.78 is 0. The summed E-state index contributed by atoms with van der Waals surface area (Å²) in [6.07, 6.45) is 2.58. The molecule has 1 fully saturated rings. The Kier molecular flexibility index (Phi) is 3.73. The van der Waals surface area contributed by atoms with Gasteiger partial charge in [0.2, 0.25) is 0 Å². The average molecular weight is 253 g/mol. The summed E-state index contributed by atoms with van der Waals surface area (Å²) in [6, 6.07) is 0.753. The van der Waals surface area contributed by atoms with Gasteiger partial charge in [-0.2, -0.15) is 0 Å². The van der Waals surface area contributed by atoms with Crippen LogP contribution in [0.5, 0.6) is 0 Å². The molecule has 0 bridgehead atoms. The van der Waals surface area contributed by atoms with E-state index in [1.165, 1.54) is 22.9 Å². The largest absolute Gasteiger partial charge is 0.345 e. The minimum Gasteiger partial charge on any atom is -0.345 e. The number of aryl methyl sites for hydroxylation is 1. The van der Waals surface area contributed by atoms with Gasteiger partial charge in [0.05, 0.1) is 5.69 Å². The Morgan fingerprint density at radius 1 is 1.41 bits per heavy atom. The molecule has 0 aliphatic carbocycles. The molecule has 0 spiro atoms. The van der Waals surface area contributed by atoms with Crippen molar-refractivity contribution in [1.82, 2.24) is 4.98 Å². The van der Waals surface area contributed by atoms with Gasteiger partial charge in [-0.3, -0.25) is 0 Å². The molecule has 1 aromatic heterocycles. The third-order valence-electron chi connectivity index (χ3n) is 3.55. The Morgan fingerprint density at radius 2 is 2.12 bits per heavy atom. The number of rotatable bonds is 3. The van der Waals surface area contributed by atoms with E-state index in [2.05, 4.69) is 25.7 Å². The van der Waals surface area contributed by atoms with Crippen LogP contribution in [0.25, 0.3) is 0 Å². The Hall–Kier alpha value is -0.610. The summed E-state index contributed by atoms with van der Waals surface area (Å²) in [5, 5.41) is 1.17. The molecule has 2 unspecified atom stereocenters. The monoisotopic (exact) mass is 253 g/mol. The van der Waals surface area contributed by atoms with Crippen molar-refractivity contribution in [2.24, 2.45) is 11.7 Å². The molecule has 4 heteroatoms. The second-order valence-corrected chi connectivity index (χ2v) is 6.39. The predicted molar refractivity (Wildman–Crippen MR) is 74.7 cm³/mol. The number of hydrogen-bond acceptors (Lipinski definition) is 4. The zero-order valence-corrected chi connectivity index (χ0v) is 12.0. The summed E-state index contributed by atoms with van der Waals surface area (Å²) in [4.78, 5) is 8.42. The quantitative estimate of drug-likeness (QED) is 0.900. The molecule has 2 atom stereocenters. The van der Waals surface area contributed by atoms with Crippen LogP contribution in [-0.4, -0.2) is 17.6 Å². The highest BCUT2D eigenvalue weighted by molar-refractivity contribution is 7.15. The molecule has 0 saturated carbocycles. The van der Waals surface area contributed by atoms with Crippen molar-refractivity contribution >= 4 is 16.5 Å². The third kappa shape index (κ3) is 2.47. The lowest BCUT2D eigenvalue weighted by molar-refractivity contribution is 0.491. The highest BCUT2D eigenvalue weighted by atomic mass is 32.1. The topological polar surface area (TPSA) is 42.2 Å². The van der Waals surface area contributed by atoms with Gasteiger partial charge >= 0.3 is 0 Å². The first kappa shape index (κ1) is 12.8. The number of hydrogen-bond donors (Lipinski definition) is 1. The van der Waals surface area contributed by atoms with E-state index < -0.39 is 0 Å². The summed E-state index contributed by atoms with van der Waals surface area (Å²) >= 11 is 1.78. The number of nitrogens with two attached hydrogens (primary N) is 1. The Balaban J connectivity index is 2.25. The smallest absolute Gasteiger partial charge is 0.186 e. The van der Waals surface area contributed by atoms with Crippen molar-refractivity contribution in [3.63, 3.8) is 0 Å². The number of nitrogens with zero attached hydrogens (tertiary/aromatic N) is 2. The lowest BCUT2D eigenvalue weighted by Crippen LogP contribution is -2.33. The standard InChI is InChI=1S/C13H23N3S/c1-8(2)11-6-5-7-16(11)13-15-10(4)12(17-13)9(3)14/h8-9,11H,5-7,14H2,1-4H3. The van der Waals surface area contributed by atoms with E-state index in [1.54, 1.807) is 11.3 Å². The van der Waals surface area contributed by atoms with Crippen LogP contribution in [0.15, 0.2) is 0 Å². The van der Waals surface area contributed by atoms with Gasteiger partial charge < -0.3 is 10.6 Å². The maximum absolute atomic E-state index is 5.97. The van der Waals surface area contributed by atoms with Crippen molar-refractivity contribution in [2.45, 2.75) is 52.6 Å². The number of aromatic nitrogens is 1. The van der Waals surface area contributed by atoms with Crippen LogP contribution in [0, 0.1) is 12.8 Å². The zero-order valence-electron chi connectivity index (χ0n) is 11.2. The van der Waals surface area contributed by atoms with Crippen LogP contribution in [0.1, 0.15) is 50.2 Å². The van der Waals surface area contributed by atoms with Gasteiger partial charge in [-0.15, -0.1) is 11.3 Å². The fourth-order valence-corrected chi connectivity index (χ4v) is 3.76. The van der Waals surface area contributed by atoms with Crippen LogP contribution in [0.3, 0.4) is 0 Å². The molecular formula is C13H23N3S. The first-order valence-electron chi connectivity index (χ1n) is 6.50. The molecule has 1 saturated heterocycles. The van der Waals surface area contributed by atoms with E-state index in [0.717, 1.165) is 12.2 Å². The van der Waals surface area contributed by atoms with Crippen molar-refractivity contribution in [1.29, 1.82) is 0 Å². The summed E-state index contributed by atoms with van der Waals surface area (Å²) in [7, 11) is 0. The van der Waals surface area contributed by atoms with Crippen LogP contribution in [0.2, 0.25) is 0 Å². The highest BCUT2D eigenvalue weighted by Gasteiger charge is 2.29. The van der Waals surface area contributed by atoms with Crippen LogP contribution >= 0.6 is 11.3 Å². The normalized spacial score (nSPS) is 22.5. The second kappa shape index (κ2) is 4.94. The molecule has 2 rings (SSSR count). The van der Waals surface area contributed by atoms with Gasteiger partial charge in [0.15, 0.2) is 5.13 Å². The van der Waals surface area contributed by atoms with Gasteiger partial charge in [-0.1, -0.05) is 13.8 Å². The van der Waals surface area contributed by atoms with Crippen molar-refractivity contribution in [3.05, 3.63) is 10.6 Å². The molecule has 17 heavy (non-hydrogen) atoms. The summed E-state index contributed by atoms with van der Waals surface area (Å²) in [6.45, 7) is 9.85. The van der Waals surface area contributed by atoms with E-state index in [1.807, 2.05) is 6.92 Å². The van der Waals surface area contributed by atoms with E-state index in [9.17, 15) is 0 Å². The number of anilines is 1. The van der Waals surface area contributed by atoms with Crippen molar-refractivity contribution in [3.8, 4) is 0 Å². The highest BCUT2D eigenvalue weighted by Crippen LogP contribution is 2.35. The minimum absolute atomic E-state index is 0.0985. The van der Waals surface area contributed by atoms with Crippen molar-refractivity contribution in [2.75, 3.05) is 11.4 Å². The van der Waals surface area contributed by atoms with Crippen LogP contribution in [-0.2, 0) is 0 Å². The Labute approximate surface area is 108 Å². The van der Waals surface area contributed by atoms with E-state index in [-0.39, 0.29) is 6.04 Å². The fraction of sp³-hybridized carbons (Fsp3) is 0.769. The Morgan fingerprint density at radius 3 is 2.65 bits per heavy atom. The average Bonchev–Trinajstić information content (AvgIpc) is 2.82. The SMILES string of the molecule is Cc1nc(N2CCCC2C(C)C)sc1C(C)N. The first-order valence-corrected chi connectivity index (χ1v) is 7.32. The van der Waals surface area contributed by atoms with E-state index in [0.29, 0.717) is 12.0 Å². The third-order valence-corrected chi connectivity index (χ3v) is 4.94. The molecule has 1 aromatic rings. The second-order valence-electron chi connectivity index (χ2n) is 5.38. The van der Waals surface area contributed by atoms with Gasteiger partial charge in [0.25, 0.3) is 0 Å². The summed E-state index contributed by atoms with van der Waals surface area (Å²) in [5.41, 5.74) is 7.08. The molecular weight excluding hydrogens is 230 g/mol. The molecule has 1 aliphatic rings. The minimum atomic E-state index is 0.0985. The van der Waals surface area contributed by atoms with Gasteiger partial charge in [-0.05, 0) is 32.6 Å². The van der Waals surface area contributed by atoms with Crippen LogP contribution < -0.4 is 10.6 Å². The van der Waals surface area contributed by atoms with Gasteiger partial charge in [0.1, 0.15) is 0 Å². The summed E-state index contributed by atoms with van der Waals surface area (Å²) in [5.74, 6) is 0.695. The predicted octanol–water partition coefficient (Wildman–Crippen LogP) is 3.10. The zero-order chi connectivity index (χ0) is 12.6. The van der Waals surface area contributed by atoms with Crippen LogP contribution in [0.4, 0.5) is 5.13 Å². The first-order chi connectivity index (χ1) is 8.00. The number of thiazole rings is 1. The lowest BCUT2D eigenvalue weighted by atomic mass is 10.0. The lowest BCUT2D eigenvalue weighted by Gasteiger charge is -2.27. The fourth-order valence-electron chi connectivity index (χ4n) is 2.66. The maximum Gasteiger partial charge on any atom is 0.186 e. The molecule has 2 heterocycles. The molecule has 3 nitrogen and oxygen atoms in total. The molecule has 0 amide bonds. The molecule has 2 N–H and O–H groups in total. The molecule has 96 valence electrons. The Bertz CT molecular complexity index is 384. The molecule has 0 aromatic carbocycles. The van der Waals surface area contributed by atoms with Gasteiger partial charge in [-0.25, -0.2) is 4.98 Å². The molecule has 1 aliphatic heterocycles. The molecule has 0 radical (unpaired) electrons.